The van der Waals surface area contributed by atoms with Gasteiger partial charge < -0.3 is 42.7 Å². The molecule has 12 nitrogen and oxygen atoms in total. The van der Waals surface area contributed by atoms with Crippen molar-refractivity contribution in [2.24, 2.45) is 11.5 Å². The van der Waals surface area contributed by atoms with Gasteiger partial charge in [-0.1, -0.05) is 18.6 Å². The maximum Gasteiger partial charge on any atom is 0.326 e. The van der Waals surface area contributed by atoms with Crippen LogP contribution in [0.1, 0.15) is 24.8 Å². The molecule has 0 aliphatic carbocycles. The van der Waals surface area contributed by atoms with E-state index >= 15 is 0 Å². The maximum atomic E-state index is 12.4. The Morgan fingerprint density at radius 1 is 0.969 bits per heavy atom. The molecule has 0 fully saturated rings. The Hall–Kier alpha value is -3.22. The van der Waals surface area contributed by atoms with E-state index in [-0.39, 0.29) is 12.2 Å². The highest BCUT2D eigenvalue weighted by Crippen LogP contribution is 2.11. The molecule has 1 aromatic carbocycles. The van der Waals surface area contributed by atoms with Gasteiger partial charge >= 0.3 is 5.97 Å². The van der Waals surface area contributed by atoms with Crippen LogP contribution in [0.5, 0.6) is 5.75 Å². The molecule has 0 bridgehead atoms. The first kappa shape index (κ1) is 26.8. The van der Waals surface area contributed by atoms with Crippen molar-refractivity contribution in [2.45, 2.75) is 43.8 Å². The van der Waals surface area contributed by atoms with Gasteiger partial charge in [-0.2, -0.15) is 0 Å². The third kappa shape index (κ3) is 9.73. The lowest BCUT2D eigenvalue weighted by Crippen LogP contribution is -2.55. The van der Waals surface area contributed by atoms with Gasteiger partial charge in [0.25, 0.3) is 0 Å². The summed E-state index contributed by atoms with van der Waals surface area (Å²) < 4.78 is 0. The fourth-order valence-electron chi connectivity index (χ4n) is 2.72. The van der Waals surface area contributed by atoms with Crippen molar-refractivity contribution in [2.75, 3.05) is 19.7 Å². The highest BCUT2D eigenvalue weighted by Gasteiger charge is 2.26. The Morgan fingerprint density at radius 3 is 2.19 bits per heavy atom. The number of carbonyl (C=O) groups is 4. The SMILES string of the molecule is NCCCCC(N)C(=O)NCC(=O)NC(CO)C(=O)NC(Cc1ccc(O)cc1)C(=O)O. The standard InChI is InChI=1S/C20H31N5O7/c21-8-2-1-3-14(22)18(29)23-10-17(28)24-16(11-26)19(30)25-15(20(31)32)9-12-4-6-13(27)7-5-12/h4-7,14-16,26-27H,1-3,8-11,21-22H2,(H,23,29)(H,24,28)(H,25,30)(H,31,32). The highest BCUT2D eigenvalue weighted by molar-refractivity contribution is 5.92. The minimum Gasteiger partial charge on any atom is -0.508 e. The van der Waals surface area contributed by atoms with Crippen molar-refractivity contribution in [1.82, 2.24) is 16.0 Å². The van der Waals surface area contributed by atoms with E-state index in [0.29, 0.717) is 24.9 Å². The number of nitrogens with two attached hydrogens (primary N) is 2. The van der Waals surface area contributed by atoms with Gasteiger partial charge in [0.1, 0.15) is 17.8 Å². The Bertz CT molecular complexity index is 772. The zero-order valence-electron chi connectivity index (χ0n) is 17.6. The summed E-state index contributed by atoms with van der Waals surface area (Å²) in [5.41, 5.74) is 11.6. The van der Waals surface area contributed by atoms with Crippen LogP contribution >= 0.6 is 0 Å². The van der Waals surface area contributed by atoms with Crippen LogP contribution < -0.4 is 27.4 Å². The van der Waals surface area contributed by atoms with E-state index in [4.69, 9.17) is 11.5 Å². The summed E-state index contributed by atoms with van der Waals surface area (Å²) in [6, 6.07) is 2.22. The quantitative estimate of drug-likeness (QED) is 0.140. The van der Waals surface area contributed by atoms with Crippen LogP contribution in [-0.4, -0.2) is 76.8 Å². The number of rotatable bonds is 14. The molecular weight excluding hydrogens is 422 g/mol. The van der Waals surface area contributed by atoms with Crippen molar-refractivity contribution in [3.8, 4) is 5.75 Å². The first-order valence-electron chi connectivity index (χ1n) is 10.1. The summed E-state index contributed by atoms with van der Waals surface area (Å²) in [7, 11) is 0. The number of carbonyl (C=O) groups excluding carboxylic acids is 3. The zero-order valence-corrected chi connectivity index (χ0v) is 17.6. The second kappa shape index (κ2) is 14.0. The predicted molar refractivity (Wildman–Crippen MR) is 114 cm³/mol. The lowest BCUT2D eigenvalue weighted by molar-refractivity contribution is -0.142. The van der Waals surface area contributed by atoms with Crippen LogP contribution in [0, 0.1) is 0 Å². The first-order chi connectivity index (χ1) is 15.2. The van der Waals surface area contributed by atoms with Crippen LogP contribution in [0.3, 0.4) is 0 Å². The third-order valence-electron chi connectivity index (χ3n) is 4.55. The molecule has 0 heterocycles. The number of hydrogen-bond acceptors (Lipinski definition) is 8. The van der Waals surface area contributed by atoms with Gasteiger partial charge in [-0.05, 0) is 37.1 Å². The Morgan fingerprint density at radius 2 is 1.62 bits per heavy atom. The minimum atomic E-state index is -1.42. The maximum absolute atomic E-state index is 12.4. The summed E-state index contributed by atoms with van der Waals surface area (Å²) in [4.78, 5) is 47.8. The van der Waals surface area contributed by atoms with Crippen molar-refractivity contribution in [3.05, 3.63) is 29.8 Å². The van der Waals surface area contributed by atoms with E-state index in [1.54, 1.807) is 0 Å². The lowest BCUT2D eigenvalue weighted by Gasteiger charge is -2.20. The monoisotopic (exact) mass is 453 g/mol. The second-order valence-corrected chi connectivity index (χ2v) is 7.18. The predicted octanol–water partition coefficient (Wildman–Crippen LogP) is -2.45. The van der Waals surface area contributed by atoms with Crippen molar-refractivity contribution in [1.29, 1.82) is 0 Å². The number of benzene rings is 1. The lowest BCUT2D eigenvalue weighted by atomic mass is 10.1. The number of aliphatic hydroxyl groups is 1. The smallest absolute Gasteiger partial charge is 0.326 e. The van der Waals surface area contributed by atoms with E-state index in [1.165, 1.54) is 24.3 Å². The minimum absolute atomic E-state index is 0.0105. The van der Waals surface area contributed by atoms with Gasteiger partial charge in [-0.3, -0.25) is 14.4 Å². The fraction of sp³-hybridized carbons (Fsp3) is 0.500. The summed E-state index contributed by atoms with van der Waals surface area (Å²) in [5, 5.41) is 34.9. The molecular formula is C20H31N5O7. The number of aliphatic hydroxyl groups excluding tert-OH is 1. The van der Waals surface area contributed by atoms with Crippen molar-refractivity contribution >= 4 is 23.7 Å². The normalized spacial score (nSPS) is 13.5. The number of aromatic hydroxyl groups is 1. The molecule has 178 valence electrons. The molecule has 32 heavy (non-hydrogen) atoms. The molecule has 12 heteroatoms. The molecule has 0 spiro atoms. The molecule has 1 aromatic rings. The molecule has 0 aromatic heterocycles. The topological polar surface area (TPSA) is 217 Å². The van der Waals surface area contributed by atoms with Crippen LogP contribution in [0.2, 0.25) is 0 Å². The number of amides is 3. The van der Waals surface area contributed by atoms with E-state index in [9.17, 15) is 34.5 Å². The molecule has 0 saturated carbocycles. The molecule has 10 N–H and O–H groups in total. The molecule has 0 aliphatic heterocycles. The first-order valence-corrected chi connectivity index (χ1v) is 10.1. The van der Waals surface area contributed by atoms with E-state index in [2.05, 4.69) is 16.0 Å². The van der Waals surface area contributed by atoms with Crippen LogP contribution in [0.15, 0.2) is 24.3 Å². The average Bonchev–Trinajstić information content (AvgIpc) is 2.76. The number of aliphatic carboxylic acids is 1. The number of nitrogens with one attached hydrogen (secondary N) is 3. The third-order valence-corrected chi connectivity index (χ3v) is 4.55. The van der Waals surface area contributed by atoms with E-state index < -0.39 is 55.0 Å². The number of hydrogen-bond donors (Lipinski definition) is 8. The van der Waals surface area contributed by atoms with Gasteiger partial charge in [0.15, 0.2) is 0 Å². The number of carboxylic acid groups (broad SMARTS) is 1. The van der Waals surface area contributed by atoms with Gasteiger partial charge in [-0.15, -0.1) is 0 Å². The number of unbranched alkanes of at least 4 members (excludes halogenated alkanes) is 1. The molecule has 3 amide bonds. The zero-order chi connectivity index (χ0) is 24.1. The van der Waals surface area contributed by atoms with Crippen LogP contribution in [0.4, 0.5) is 0 Å². The Kier molecular flexibility index (Phi) is 11.7. The van der Waals surface area contributed by atoms with Crippen molar-refractivity contribution in [3.63, 3.8) is 0 Å². The van der Waals surface area contributed by atoms with Crippen LogP contribution in [-0.2, 0) is 25.6 Å². The van der Waals surface area contributed by atoms with Gasteiger partial charge in [0.2, 0.25) is 17.7 Å². The average molecular weight is 453 g/mol. The molecule has 0 aliphatic rings. The Labute approximate surface area is 185 Å². The van der Waals surface area contributed by atoms with Gasteiger partial charge in [-0.25, -0.2) is 4.79 Å². The van der Waals surface area contributed by atoms with E-state index in [1.807, 2.05) is 0 Å². The molecule has 0 radical (unpaired) electrons. The van der Waals surface area contributed by atoms with Crippen molar-refractivity contribution < 1.29 is 34.5 Å². The number of carboxylic acids is 1. The van der Waals surface area contributed by atoms with Crippen LogP contribution in [0.25, 0.3) is 0 Å². The summed E-state index contributed by atoms with van der Waals surface area (Å²) in [5.74, 6) is -3.51. The van der Waals surface area contributed by atoms with Gasteiger partial charge in [0.05, 0.1) is 19.2 Å². The molecule has 1 rings (SSSR count). The second-order valence-electron chi connectivity index (χ2n) is 7.18. The largest absolute Gasteiger partial charge is 0.508 e. The highest BCUT2D eigenvalue weighted by atomic mass is 16.4. The fourth-order valence-corrected chi connectivity index (χ4v) is 2.72. The summed E-state index contributed by atoms with van der Waals surface area (Å²) in [6.45, 7) is -0.766. The summed E-state index contributed by atoms with van der Waals surface area (Å²) >= 11 is 0. The molecule has 0 saturated heterocycles. The molecule has 3 atom stereocenters. The molecule has 3 unspecified atom stereocenters. The van der Waals surface area contributed by atoms with Gasteiger partial charge in [0, 0.05) is 6.42 Å². The Balaban J connectivity index is 2.56. The van der Waals surface area contributed by atoms with E-state index in [0.717, 1.165) is 6.42 Å². The number of phenolic OH excluding ortho intramolecular Hbond substituents is 1. The summed E-state index contributed by atoms with van der Waals surface area (Å²) in [6.07, 6.45) is 1.72. The number of phenols is 1.